The SMILES string of the molecule is CC(=O)O[C@@H]1C[C@@H](C(=O)NCc2ccc(-c3scnc3C)cc2)N(C(=O)C(NC(=O)CCCCCCCCCCC(=O)O)C(C)(C)C)C1. The average Bonchev–Trinajstić information content (AvgIpc) is 3.64. The fourth-order valence-corrected chi connectivity index (χ4v) is 6.75. The Hall–Kier alpha value is -3.80. The number of ether oxygens (including phenoxy) is 1. The summed E-state index contributed by atoms with van der Waals surface area (Å²) < 4.78 is 5.43. The molecule has 2 heterocycles. The molecule has 0 spiro atoms. The van der Waals surface area contributed by atoms with E-state index in [9.17, 15) is 24.0 Å². The van der Waals surface area contributed by atoms with E-state index >= 15 is 0 Å². The topological polar surface area (TPSA) is 155 Å². The summed E-state index contributed by atoms with van der Waals surface area (Å²) in [6.45, 7) is 9.22. The lowest BCUT2D eigenvalue weighted by Gasteiger charge is -2.35. The number of carbonyl (C=O) groups excluding carboxylic acids is 4. The van der Waals surface area contributed by atoms with Crippen LogP contribution in [0.3, 0.4) is 0 Å². The number of hydrogen-bond acceptors (Lipinski definition) is 8. The first-order valence-corrected chi connectivity index (χ1v) is 17.9. The van der Waals surface area contributed by atoms with Crippen molar-refractivity contribution in [3.8, 4) is 10.4 Å². The summed E-state index contributed by atoms with van der Waals surface area (Å²) >= 11 is 1.57. The maximum Gasteiger partial charge on any atom is 0.303 e. The average molecular weight is 685 g/mol. The smallest absolute Gasteiger partial charge is 0.303 e. The Morgan fingerprint density at radius 3 is 2.12 bits per heavy atom. The van der Waals surface area contributed by atoms with Crippen molar-refractivity contribution in [1.29, 1.82) is 0 Å². The second-order valence-electron chi connectivity index (χ2n) is 13.7. The van der Waals surface area contributed by atoms with Crippen LogP contribution in [-0.2, 0) is 35.3 Å². The highest BCUT2D eigenvalue weighted by atomic mass is 32.1. The van der Waals surface area contributed by atoms with Crippen LogP contribution in [0.4, 0.5) is 0 Å². The second kappa shape index (κ2) is 18.7. The van der Waals surface area contributed by atoms with E-state index in [1.54, 1.807) is 11.3 Å². The number of carboxylic acids is 1. The summed E-state index contributed by atoms with van der Waals surface area (Å²) in [5.74, 6) is -2.18. The molecular formula is C36H52N4O7S. The van der Waals surface area contributed by atoms with Crippen LogP contribution in [0.25, 0.3) is 10.4 Å². The van der Waals surface area contributed by atoms with Crippen LogP contribution in [0.2, 0.25) is 0 Å². The molecule has 0 bridgehead atoms. The number of thiazole rings is 1. The van der Waals surface area contributed by atoms with Crippen LogP contribution in [0, 0.1) is 12.3 Å². The zero-order valence-corrected chi connectivity index (χ0v) is 29.8. The van der Waals surface area contributed by atoms with Gasteiger partial charge in [-0.1, -0.05) is 83.6 Å². The predicted molar refractivity (Wildman–Crippen MR) is 185 cm³/mol. The molecule has 3 atom stereocenters. The van der Waals surface area contributed by atoms with Crippen molar-refractivity contribution in [3.05, 3.63) is 41.0 Å². The van der Waals surface area contributed by atoms with Crippen LogP contribution in [-0.4, -0.2) is 69.4 Å². The largest absolute Gasteiger partial charge is 0.481 e. The third kappa shape index (κ3) is 12.3. The third-order valence-electron chi connectivity index (χ3n) is 8.57. The molecule has 1 unspecified atom stereocenters. The molecular weight excluding hydrogens is 632 g/mol. The van der Waals surface area contributed by atoms with Crippen molar-refractivity contribution in [2.75, 3.05) is 6.54 Å². The normalized spacial score (nSPS) is 16.7. The van der Waals surface area contributed by atoms with Crippen LogP contribution in [0.15, 0.2) is 29.8 Å². The molecule has 1 aromatic heterocycles. The molecule has 3 rings (SSSR count). The van der Waals surface area contributed by atoms with Gasteiger partial charge in [0, 0.05) is 32.7 Å². The van der Waals surface area contributed by atoms with Crippen LogP contribution in [0.1, 0.15) is 110 Å². The number of amides is 3. The van der Waals surface area contributed by atoms with Gasteiger partial charge in [-0.05, 0) is 36.3 Å². The van der Waals surface area contributed by atoms with E-state index in [0.717, 1.165) is 60.2 Å². The van der Waals surface area contributed by atoms with Crippen molar-refractivity contribution >= 4 is 41.0 Å². The molecule has 2 aromatic rings. The Kier molecular flexibility index (Phi) is 15.0. The minimum atomic E-state index is -0.870. The van der Waals surface area contributed by atoms with Crippen molar-refractivity contribution in [2.45, 2.75) is 130 Å². The summed E-state index contributed by atoms with van der Waals surface area (Å²) in [5.41, 5.74) is 4.10. The fraction of sp³-hybridized carbons (Fsp3) is 0.611. The summed E-state index contributed by atoms with van der Waals surface area (Å²) in [6, 6.07) is 6.16. The van der Waals surface area contributed by atoms with Gasteiger partial charge < -0.3 is 25.4 Å². The summed E-state index contributed by atoms with van der Waals surface area (Å²) in [7, 11) is 0. The number of carboxylic acid groups (broad SMARTS) is 1. The van der Waals surface area contributed by atoms with Crippen molar-refractivity contribution < 1.29 is 33.8 Å². The van der Waals surface area contributed by atoms with Gasteiger partial charge in [-0.3, -0.25) is 24.0 Å². The molecule has 11 nitrogen and oxygen atoms in total. The Morgan fingerprint density at radius 2 is 1.58 bits per heavy atom. The Labute approximate surface area is 288 Å². The Morgan fingerprint density at radius 1 is 0.979 bits per heavy atom. The van der Waals surface area contributed by atoms with E-state index in [4.69, 9.17) is 9.84 Å². The lowest BCUT2D eigenvalue weighted by atomic mass is 9.85. The summed E-state index contributed by atoms with van der Waals surface area (Å²) in [6.07, 6.45) is 7.36. The molecule has 1 aliphatic heterocycles. The number of aromatic nitrogens is 1. The molecule has 0 radical (unpaired) electrons. The van der Waals surface area contributed by atoms with E-state index in [-0.39, 0.29) is 43.7 Å². The number of benzene rings is 1. The van der Waals surface area contributed by atoms with Gasteiger partial charge in [0.15, 0.2) is 0 Å². The molecule has 0 aliphatic carbocycles. The first-order valence-electron chi connectivity index (χ1n) is 17.0. The molecule has 0 saturated carbocycles. The standard InChI is InChI=1S/C36H52N4O7S/c1-24-32(48-23-38-24)27-18-16-26(17-19-27)21-37-34(45)29-20-28(47-25(2)41)22-40(29)35(46)33(36(3,4)5)39-30(42)14-12-10-8-6-7-9-11-13-15-31(43)44/h16-19,23,28-29,33H,6-15,20-22H2,1-5H3,(H,37,45)(H,39,42)(H,43,44)/t28-,29+,33?/m1/s1. The van der Waals surface area contributed by atoms with Gasteiger partial charge in [0.2, 0.25) is 17.7 Å². The number of rotatable bonds is 18. The zero-order chi connectivity index (χ0) is 35.3. The number of carbonyl (C=O) groups is 5. The first-order chi connectivity index (χ1) is 22.8. The van der Waals surface area contributed by atoms with Crippen LogP contribution < -0.4 is 10.6 Å². The second-order valence-corrected chi connectivity index (χ2v) is 14.6. The fourth-order valence-electron chi connectivity index (χ4n) is 5.94. The van der Waals surface area contributed by atoms with Gasteiger partial charge in [-0.2, -0.15) is 0 Å². The lowest BCUT2D eigenvalue weighted by Crippen LogP contribution is -2.57. The first kappa shape index (κ1) is 38.6. The maximum absolute atomic E-state index is 14.0. The maximum atomic E-state index is 14.0. The Balaban J connectivity index is 1.56. The van der Waals surface area contributed by atoms with E-state index in [0.29, 0.717) is 19.3 Å². The van der Waals surface area contributed by atoms with Gasteiger partial charge in [0.05, 0.1) is 22.6 Å². The van der Waals surface area contributed by atoms with Gasteiger partial charge in [-0.15, -0.1) is 11.3 Å². The molecule has 3 N–H and O–H groups in total. The molecule has 1 fully saturated rings. The number of nitrogens with one attached hydrogen (secondary N) is 2. The number of aryl methyl sites for hydroxylation is 1. The van der Waals surface area contributed by atoms with E-state index < -0.39 is 35.5 Å². The Bertz CT molecular complexity index is 1390. The minimum Gasteiger partial charge on any atom is -0.481 e. The van der Waals surface area contributed by atoms with Gasteiger partial charge in [0.25, 0.3) is 0 Å². The zero-order valence-electron chi connectivity index (χ0n) is 29.0. The predicted octanol–water partition coefficient (Wildman–Crippen LogP) is 5.78. The number of hydrogen-bond donors (Lipinski definition) is 3. The molecule has 1 aromatic carbocycles. The van der Waals surface area contributed by atoms with Gasteiger partial charge in [0.1, 0.15) is 18.2 Å². The minimum absolute atomic E-state index is 0.0676. The van der Waals surface area contributed by atoms with E-state index in [1.807, 2.05) is 57.5 Å². The number of esters is 1. The van der Waals surface area contributed by atoms with Crippen LogP contribution in [0.5, 0.6) is 0 Å². The number of likely N-dealkylation sites (tertiary alicyclic amines) is 1. The van der Waals surface area contributed by atoms with Crippen molar-refractivity contribution in [1.82, 2.24) is 20.5 Å². The third-order valence-corrected chi connectivity index (χ3v) is 9.55. The molecule has 12 heteroatoms. The molecule has 48 heavy (non-hydrogen) atoms. The quantitative estimate of drug-likeness (QED) is 0.132. The highest BCUT2D eigenvalue weighted by Crippen LogP contribution is 2.29. The van der Waals surface area contributed by atoms with Gasteiger partial charge >= 0.3 is 11.9 Å². The molecule has 3 amide bonds. The monoisotopic (exact) mass is 684 g/mol. The number of unbranched alkanes of at least 4 members (excludes halogenated alkanes) is 7. The lowest BCUT2D eigenvalue weighted by molar-refractivity contribution is -0.147. The van der Waals surface area contributed by atoms with Crippen LogP contribution >= 0.6 is 11.3 Å². The number of aliphatic carboxylic acids is 1. The summed E-state index contributed by atoms with van der Waals surface area (Å²) in [4.78, 5) is 69.8. The number of nitrogens with zero attached hydrogens (tertiary/aromatic N) is 2. The molecule has 1 aliphatic rings. The molecule has 1 saturated heterocycles. The highest BCUT2D eigenvalue weighted by molar-refractivity contribution is 7.13. The van der Waals surface area contributed by atoms with E-state index in [1.165, 1.54) is 11.8 Å². The van der Waals surface area contributed by atoms with E-state index in [2.05, 4.69) is 15.6 Å². The summed E-state index contributed by atoms with van der Waals surface area (Å²) in [5, 5.41) is 14.6. The van der Waals surface area contributed by atoms with Crippen molar-refractivity contribution in [2.24, 2.45) is 5.41 Å². The molecule has 264 valence electrons. The van der Waals surface area contributed by atoms with Crippen molar-refractivity contribution in [3.63, 3.8) is 0 Å². The highest BCUT2D eigenvalue weighted by Gasteiger charge is 2.45. The van der Waals surface area contributed by atoms with Gasteiger partial charge in [-0.25, -0.2) is 4.98 Å².